The van der Waals surface area contributed by atoms with E-state index in [2.05, 4.69) is 5.32 Å². The zero-order valence-electron chi connectivity index (χ0n) is 9.58. The second-order valence-electron chi connectivity index (χ2n) is 3.59. The number of nitrogens with one attached hydrogen (secondary N) is 1. The highest BCUT2D eigenvalue weighted by Crippen LogP contribution is 2.31. The summed E-state index contributed by atoms with van der Waals surface area (Å²) in [4.78, 5) is 32.6. The molecule has 0 unspecified atom stereocenters. The Hall–Kier alpha value is -2.83. The van der Waals surface area contributed by atoms with E-state index in [9.17, 15) is 14.4 Å². The van der Waals surface area contributed by atoms with Crippen molar-refractivity contribution in [1.82, 2.24) is 0 Å². The SMILES string of the molecule is O=C(O)/C=C/C(=O)Oc1ccc2c(c1)NC(=O)CO2. The third-order valence-corrected chi connectivity index (χ3v) is 2.16. The minimum Gasteiger partial charge on any atom is -0.482 e. The summed E-state index contributed by atoms with van der Waals surface area (Å²) in [5, 5.41) is 10.9. The molecule has 7 nitrogen and oxygen atoms in total. The van der Waals surface area contributed by atoms with Gasteiger partial charge in [0.05, 0.1) is 5.69 Å². The van der Waals surface area contributed by atoms with Crippen LogP contribution >= 0.6 is 0 Å². The largest absolute Gasteiger partial charge is 0.482 e. The van der Waals surface area contributed by atoms with Gasteiger partial charge in [-0.25, -0.2) is 9.59 Å². The first-order valence-corrected chi connectivity index (χ1v) is 5.24. The van der Waals surface area contributed by atoms with E-state index in [1.54, 1.807) is 0 Å². The number of ether oxygens (including phenoxy) is 2. The first kappa shape index (κ1) is 12.6. The van der Waals surface area contributed by atoms with Gasteiger partial charge in [0.1, 0.15) is 11.5 Å². The average molecular weight is 263 g/mol. The molecular weight excluding hydrogens is 254 g/mol. The van der Waals surface area contributed by atoms with Crippen molar-refractivity contribution < 1.29 is 29.0 Å². The molecule has 1 amide bonds. The lowest BCUT2D eigenvalue weighted by Crippen LogP contribution is -2.25. The van der Waals surface area contributed by atoms with Crippen molar-refractivity contribution >= 4 is 23.5 Å². The Morgan fingerprint density at radius 2 is 2.16 bits per heavy atom. The first-order valence-electron chi connectivity index (χ1n) is 5.24. The molecule has 0 bridgehead atoms. The molecule has 0 aromatic heterocycles. The standard InChI is InChI=1S/C12H9NO6/c14-10-6-18-9-2-1-7(5-8(9)13-10)19-12(17)4-3-11(15)16/h1-5H,6H2,(H,13,14)(H,15,16)/b4-3+. The van der Waals surface area contributed by atoms with Crippen LogP contribution in [0.15, 0.2) is 30.4 Å². The number of aliphatic carboxylic acids is 1. The third-order valence-electron chi connectivity index (χ3n) is 2.16. The van der Waals surface area contributed by atoms with Crippen molar-refractivity contribution in [3.63, 3.8) is 0 Å². The molecule has 0 atom stereocenters. The van der Waals surface area contributed by atoms with E-state index in [4.69, 9.17) is 14.6 Å². The van der Waals surface area contributed by atoms with Crippen LogP contribution in [0.1, 0.15) is 0 Å². The van der Waals surface area contributed by atoms with Crippen molar-refractivity contribution in [2.24, 2.45) is 0 Å². The normalized spacial score (nSPS) is 13.4. The molecule has 0 spiro atoms. The smallest absolute Gasteiger partial charge is 0.336 e. The molecule has 0 saturated heterocycles. The molecule has 1 heterocycles. The minimum atomic E-state index is -1.25. The summed E-state index contributed by atoms with van der Waals surface area (Å²) in [6.07, 6.45) is 1.46. The van der Waals surface area contributed by atoms with Crippen LogP contribution in [0, 0.1) is 0 Å². The third kappa shape index (κ3) is 3.32. The van der Waals surface area contributed by atoms with Crippen LogP contribution in [0.5, 0.6) is 11.5 Å². The Labute approximate surface area is 107 Å². The molecule has 1 aromatic carbocycles. The number of carboxylic acids is 1. The van der Waals surface area contributed by atoms with Crippen molar-refractivity contribution in [3.05, 3.63) is 30.4 Å². The summed E-state index contributed by atoms with van der Waals surface area (Å²) in [5.41, 5.74) is 0.392. The summed E-state index contributed by atoms with van der Waals surface area (Å²) < 4.78 is 10.0. The molecule has 1 aromatic rings. The number of anilines is 1. The summed E-state index contributed by atoms with van der Waals surface area (Å²) in [5.74, 6) is -1.74. The Kier molecular flexibility index (Phi) is 3.46. The summed E-state index contributed by atoms with van der Waals surface area (Å²) >= 11 is 0. The zero-order chi connectivity index (χ0) is 13.8. The Morgan fingerprint density at radius 3 is 2.89 bits per heavy atom. The van der Waals surface area contributed by atoms with Crippen LogP contribution in [-0.4, -0.2) is 29.6 Å². The molecule has 0 fully saturated rings. The van der Waals surface area contributed by atoms with Crippen LogP contribution in [0.4, 0.5) is 5.69 Å². The lowest BCUT2D eigenvalue weighted by molar-refractivity contribution is -0.133. The lowest BCUT2D eigenvalue weighted by atomic mass is 10.2. The van der Waals surface area contributed by atoms with Gasteiger partial charge in [0.25, 0.3) is 5.91 Å². The van der Waals surface area contributed by atoms with Crippen LogP contribution in [0.3, 0.4) is 0 Å². The van der Waals surface area contributed by atoms with Crippen LogP contribution < -0.4 is 14.8 Å². The van der Waals surface area contributed by atoms with Crippen molar-refractivity contribution in [3.8, 4) is 11.5 Å². The Morgan fingerprint density at radius 1 is 1.37 bits per heavy atom. The van der Waals surface area contributed by atoms with E-state index in [0.29, 0.717) is 17.5 Å². The highest BCUT2D eigenvalue weighted by atomic mass is 16.5. The van der Waals surface area contributed by atoms with Gasteiger partial charge < -0.3 is 19.9 Å². The van der Waals surface area contributed by atoms with Gasteiger partial charge in [0.2, 0.25) is 0 Å². The fraction of sp³-hybridized carbons (Fsp3) is 0.0833. The Bertz CT molecular complexity index is 578. The number of hydrogen-bond acceptors (Lipinski definition) is 5. The predicted octanol–water partition coefficient (Wildman–Crippen LogP) is 0.564. The number of carbonyl (C=O) groups is 3. The van der Waals surface area contributed by atoms with E-state index in [1.165, 1.54) is 18.2 Å². The topological polar surface area (TPSA) is 102 Å². The summed E-state index contributed by atoms with van der Waals surface area (Å²) in [6, 6.07) is 4.43. The van der Waals surface area contributed by atoms with Crippen molar-refractivity contribution in [1.29, 1.82) is 0 Å². The number of hydrogen-bond donors (Lipinski definition) is 2. The van der Waals surface area contributed by atoms with E-state index in [1.807, 2.05) is 0 Å². The first-order chi connectivity index (χ1) is 9.04. The van der Waals surface area contributed by atoms with E-state index >= 15 is 0 Å². The van der Waals surface area contributed by atoms with E-state index < -0.39 is 11.9 Å². The fourth-order valence-electron chi connectivity index (χ4n) is 1.42. The molecule has 98 valence electrons. The molecule has 7 heteroatoms. The molecule has 2 N–H and O–H groups in total. The number of fused-ring (bicyclic) bond motifs is 1. The van der Waals surface area contributed by atoms with Gasteiger partial charge in [-0.3, -0.25) is 4.79 Å². The molecule has 2 rings (SSSR count). The summed E-state index contributed by atoms with van der Waals surface area (Å²) in [6.45, 7) is -0.0620. The van der Waals surface area contributed by atoms with E-state index in [-0.39, 0.29) is 18.3 Å². The van der Waals surface area contributed by atoms with Crippen LogP contribution in [0.2, 0.25) is 0 Å². The number of carboxylic acid groups (broad SMARTS) is 1. The quantitative estimate of drug-likeness (QED) is 0.469. The number of rotatable bonds is 3. The molecule has 1 aliphatic rings. The maximum absolute atomic E-state index is 11.3. The zero-order valence-corrected chi connectivity index (χ0v) is 9.58. The van der Waals surface area contributed by atoms with Gasteiger partial charge in [-0.15, -0.1) is 0 Å². The van der Waals surface area contributed by atoms with Gasteiger partial charge in [-0.05, 0) is 12.1 Å². The van der Waals surface area contributed by atoms with E-state index in [0.717, 1.165) is 6.08 Å². The highest BCUT2D eigenvalue weighted by molar-refractivity contribution is 5.96. The minimum absolute atomic E-state index is 0.0620. The van der Waals surface area contributed by atoms with Gasteiger partial charge >= 0.3 is 11.9 Å². The fourth-order valence-corrected chi connectivity index (χ4v) is 1.42. The highest BCUT2D eigenvalue weighted by Gasteiger charge is 2.16. The van der Waals surface area contributed by atoms with Crippen molar-refractivity contribution in [2.75, 3.05) is 11.9 Å². The number of amides is 1. The maximum Gasteiger partial charge on any atom is 0.336 e. The van der Waals surface area contributed by atoms with Crippen molar-refractivity contribution in [2.45, 2.75) is 0 Å². The second-order valence-corrected chi connectivity index (χ2v) is 3.59. The molecule has 1 aliphatic heterocycles. The van der Waals surface area contributed by atoms with Gasteiger partial charge in [0.15, 0.2) is 6.61 Å². The molecule has 0 aliphatic carbocycles. The van der Waals surface area contributed by atoms with Crippen LogP contribution in [-0.2, 0) is 14.4 Å². The monoisotopic (exact) mass is 263 g/mol. The Balaban J connectivity index is 2.10. The maximum atomic E-state index is 11.3. The summed E-state index contributed by atoms with van der Waals surface area (Å²) in [7, 11) is 0. The lowest BCUT2D eigenvalue weighted by Gasteiger charge is -2.18. The number of carbonyl (C=O) groups excluding carboxylic acids is 2. The average Bonchev–Trinajstić information content (AvgIpc) is 2.36. The second kappa shape index (κ2) is 5.21. The van der Waals surface area contributed by atoms with Gasteiger partial charge in [0, 0.05) is 18.2 Å². The predicted molar refractivity (Wildman–Crippen MR) is 63.0 cm³/mol. The van der Waals surface area contributed by atoms with Gasteiger partial charge in [-0.2, -0.15) is 0 Å². The molecule has 19 heavy (non-hydrogen) atoms. The van der Waals surface area contributed by atoms with Gasteiger partial charge in [-0.1, -0.05) is 0 Å². The molecular formula is C12H9NO6. The number of esters is 1. The number of benzene rings is 1. The van der Waals surface area contributed by atoms with Crippen LogP contribution in [0.25, 0.3) is 0 Å². The molecule has 0 radical (unpaired) electrons. The molecule has 0 saturated carbocycles.